The molecule has 0 radical (unpaired) electrons. The highest BCUT2D eigenvalue weighted by molar-refractivity contribution is 5.63. The van der Waals surface area contributed by atoms with Gasteiger partial charge in [-0.15, -0.1) is 0 Å². The fourth-order valence-corrected chi connectivity index (χ4v) is 10.8. The summed E-state index contributed by atoms with van der Waals surface area (Å²) in [6, 6.07) is 40.9. The Morgan fingerprint density at radius 2 is 0.536 bits per heavy atom. The lowest BCUT2D eigenvalue weighted by molar-refractivity contribution is 0.0366. The van der Waals surface area contributed by atoms with Crippen molar-refractivity contribution in [1.82, 2.24) is 0 Å². The average Bonchev–Trinajstić information content (AvgIpc) is 4.01. The van der Waals surface area contributed by atoms with Gasteiger partial charge < -0.3 is 65.3 Å². The molecule has 3 aliphatic rings. The SMILES string of the molecule is Oc1ccc([C@H]2O[C@@H](c3ccc(O)cc3)[C@@H](c3cc(O)cc4c3[C@@H](c3cc(O)cc(O)c3)[C@H](c3ccc(O)cc3)O4)[C@@H]2c2cc(O)cc3c2[C@@H](c2cc(O)cc(O)c2)[C@H](c2ccc(O)cc2)O3)cc1. The van der Waals surface area contributed by atoms with Gasteiger partial charge in [-0.2, -0.15) is 0 Å². The molecule has 0 aliphatic carbocycles. The van der Waals surface area contributed by atoms with E-state index in [1.807, 2.05) is 0 Å². The highest BCUT2D eigenvalue weighted by Gasteiger charge is 2.53. The predicted molar refractivity (Wildman–Crippen MR) is 251 cm³/mol. The Bertz CT molecular complexity index is 2990. The number of hydrogen-bond donors (Lipinski definition) is 10. The summed E-state index contributed by atoms with van der Waals surface area (Å²) in [6.45, 7) is 0. The molecule has 11 rings (SSSR count). The van der Waals surface area contributed by atoms with Crippen molar-refractivity contribution in [3.8, 4) is 69.0 Å². The minimum atomic E-state index is -0.886. The van der Waals surface area contributed by atoms with E-state index in [0.29, 0.717) is 55.6 Å². The largest absolute Gasteiger partial charge is 0.508 e. The van der Waals surface area contributed by atoms with Gasteiger partial charge in [0.2, 0.25) is 0 Å². The van der Waals surface area contributed by atoms with Crippen LogP contribution in [0.5, 0.6) is 69.0 Å². The van der Waals surface area contributed by atoms with Crippen molar-refractivity contribution >= 4 is 0 Å². The second-order valence-electron chi connectivity index (χ2n) is 17.9. The third kappa shape index (κ3) is 7.68. The number of ether oxygens (including phenoxy) is 3. The Kier molecular flexibility index (Phi) is 10.3. The first-order valence-electron chi connectivity index (χ1n) is 22.2. The number of fused-ring (bicyclic) bond motifs is 2. The Hall–Kier alpha value is -8.68. The second-order valence-corrected chi connectivity index (χ2v) is 17.9. The average molecular weight is 925 g/mol. The van der Waals surface area contributed by atoms with Crippen molar-refractivity contribution in [3.05, 3.63) is 213 Å². The summed E-state index contributed by atoms with van der Waals surface area (Å²) in [4.78, 5) is 0. The zero-order valence-electron chi connectivity index (χ0n) is 36.3. The standard InChI is InChI=1S/C56H44O13/c57-33-9-1-27(2-10-33)53-47(31-17-37(61)21-38(62)18-31)49-43(23-41(65)25-45(49)67-53)51-52(56(30-7-15-36(60)16-8-30)69-55(51)29-5-13-35(59)14-6-29)44-24-42(66)26-46-50(44)48(32-19-39(63)22-40(64)20-32)54(68-46)28-3-11-34(58)12-4-28/h1-26,47-48,51-66H/t47-,48-,51+,52+,53+,54+,55-,56+/m1/s1. The van der Waals surface area contributed by atoms with Crippen LogP contribution in [0.4, 0.5) is 0 Å². The van der Waals surface area contributed by atoms with Crippen LogP contribution >= 0.6 is 0 Å². The van der Waals surface area contributed by atoms with Gasteiger partial charge in [-0.3, -0.25) is 0 Å². The third-order valence-electron chi connectivity index (χ3n) is 13.6. The first-order valence-corrected chi connectivity index (χ1v) is 22.2. The molecule has 3 aliphatic heterocycles. The maximum absolute atomic E-state index is 11.8. The zero-order valence-corrected chi connectivity index (χ0v) is 36.3. The topological polar surface area (TPSA) is 230 Å². The lowest BCUT2D eigenvalue weighted by Crippen LogP contribution is -2.19. The predicted octanol–water partition coefficient (Wildman–Crippen LogP) is 10.7. The van der Waals surface area contributed by atoms with Crippen LogP contribution in [-0.4, -0.2) is 51.1 Å². The van der Waals surface area contributed by atoms with Crippen LogP contribution in [0.1, 0.15) is 104 Å². The fourth-order valence-electron chi connectivity index (χ4n) is 10.8. The van der Waals surface area contributed by atoms with Gasteiger partial charge in [0.1, 0.15) is 81.2 Å². The Morgan fingerprint density at radius 1 is 0.261 bits per heavy atom. The molecule has 8 atom stereocenters. The molecular weight excluding hydrogens is 881 g/mol. The van der Waals surface area contributed by atoms with Crippen LogP contribution in [-0.2, 0) is 4.74 Å². The smallest absolute Gasteiger partial charge is 0.135 e. The van der Waals surface area contributed by atoms with Crippen molar-refractivity contribution < 1.29 is 65.3 Å². The molecule has 0 saturated carbocycles. The second kappa shape index (κ2) is 16.6. The van der Waals surface area contributed by atoms with Gasteiger partial charge in [-0.25, -0.2) is 0 Å². The summed E-state index contributed by atoms with van der Waals surface area (Å²) < 4.78 is 21.0. The molecule has 0 amide bonds. The Balaban J connectivity index is 1.21. The summed E-state index contributed by atoms with van der Waals surface area (Å²) in [7, 11) is 0. The molecule has 13 heteroatoms. The molecule has 1 saturated heterocycles. The van der Waals surface area contributed by atoms with Crippen LogP contribution in [0.2, 0.25) is 0 Å². The molecule has 13 nitrogen and oxygen atoms in total. The highest BCUT2D eigenvalue weighted by atomic mass is 16.5. The maximum atomic E-state index is 11.8. The number of hydrogen-bond acceptors (Lipinski definition) is 13. The van der Waals surface area contributed by atoms with Gasteiger partial charge in [-0.1, -0.05) is 48.5 Å². The molecule has 1 fully saturated rings. The molecule has 69 heavy (non-hydrogen) atoms. The number of rotatable bonds is 8. The van der Waals surface area contributed by atoms with E-state index in [1.54, 1.807) is 84.9 Å². The highest BCUT2D eigenvalue weighted by Crippen LogP contribution is 2.66. The van der Waals surface area contributed by atoms with Crippen molar-refractivity contribution in [2.75, 3.05) is 0 Å². The number of phenols is 10. The minimum absolute atomic E-state index is 0.00695. The Morgan fingerprint density at radius 3 is 0.841 bits per heavy atom. The van der Waals surface area contributed by atoms with Crippen molar-refractivity contribution in [1.29, 1.82) is 0 Å². The van der Waals surface area contributed by atoms with E-state index in [2.05, 4.69) is 0 Å². The summed E-state index contributed by atoms with van der Waals surface area (Å²) in [5.74, 6) is -3.71. The van der Waals surface area contributed by atoms with Gasteiger partial charge in [-0.05, 0) is 129 Å². The van der Waals surface area contributed by atoms with Gasteiger partial charge in [0.05, 0.1) is 24.0 Å². The fraction of sp³-hybridized carbons (Fsp3) is 0.143. The lowest BCUT2D eigenvalue weighted by Gasteiger charge is -2.31. The van der Waals surface area contributed by atoms with E-state index >= 15 is 0 Å². The quantitative estimate of drug-likeness (QED) is 0.0685. The van der Waals surface area contributed by atoms with E-state index in [4.69, 9.17) is 14.2 Å². The molecule has 0 spiro atoms. The van der Waals surface area contributed by atoms with Gasteiger partial charge in [0.15, 0.2) is 0 Å². The summed E-state index contributed by atoms with van der Waals surface area (Å²) >= 11 is 0. The molecule has 0 unspecified atom stereocenters. The van der Waals surface area contributed by atoms with Crippen molar-refractivity contribution in [3.63, 3.8) is 0 Å². The normalized spacial score (nSPS) is 22.4. The molecule has 8 aromatic carbocycles. The molecular formula is C56H44O13. The van der Waals surface area contributed by atoms with Gasteiger partial charge in [0.25, 0.3) is 0 Å². The van der Waals surface area contributed by atoms with Gasteiger partial charge in [0, 0.05) is 47.2 Å². The van der Waals surface area contributed by atoms with Crippen LogP contribution in [0.25, 0.3) is 0 Å². The molecule has 346 valence electrons. The Labute approximate surface area is 394 Å². The molecule has 0 aromatic heterocycles. The lowest BCUT2D eigenvalue weighted by atomic mass is 9.69. The van der Waals surface area contributed by atoms with E-state index in [9.17, 15) is 51.1 Å². The molecule has 0 bridgehead atoms. The number of aromatic hydroxyl groups is 10. The van der Waals surface area contributed by atoms with Crippen LogP contribution in [0, 0.1) is 0 Å². The van der Waals surface area contributed by atoms with Crippen LogP contribution < -0.4 is 9.47 Å². The van der Waals surface area contributed by atoms with Crippen LogP contribution in [0.15, 0.2) is 158 Å². The third-order valence-corrected chi connectivity index (χ3v) is 13.6. The number of phenolic OH excluding ortho intramolecular Hbond substituents is 10. The summed E-state index contributed by atoms with van der Waals surface area (Å²) in [5, 5.41) is 109. The molecule has 10 N–H and O–H groups in total. The molecule has 3 heterocycles. The monoisotopic (exact) mass is 924 g/mol. The van der Waals surface area contributed by atoms with E-state index in [0.717, 1.165) is 0 Å². The first-order chi connectivity index (χ1) is 33.3. The van der Waals surface area contributed by atoms with E-state index < -0.39 is 48.1 Å². The minimum Gasteiger partial charge on any atom is -0.508 e. The maximum Gasteiger partial charge on any atom is 0.135 e. The first kappa shape index (κ1) is 42.9. The van der Waals surface area contributed by atoms with Crippen molar-refractivity contribution in [2.45, 2.75) is 48.1 Å². The van der Waals surface area contributed by atoms with Crippen molar-refractivity contribution in [2.24, 2.45) is 0 Å². The number of benzene rings is 8. The zero-order chi connectivity index (χ0) is 47.8. The summed E-state index contributed by atoms with van der Waals surface area (Å²) in [6.07, 6.45) is -3.42. The van der Waals surface area contributed by atoms with Gasteiger partial charge >= 0.3 is 0 Å². The summed E-state index contributed by atoms with van der Waals surface area (Å²) in [5.41, 5.74) is 5.69. The molecule has 8 aromatic rings. The van der Waals surface area contributed by atoms with Crippen LogP contribution in [0.3, 0.4) is 0 Å². The van der Waals surface area contributed by atoms with E-state index in [-0.39, 0.29) is 69.0 Å². The van der Waals surface area contributed by atoms with E-state index in [1.165, 1.54) is 72.8 Å².